The lowest BCUT2D eigenvalue weighted by atomic mass is 10.2. The van der Waals surface area contributed by atoms with Gasteiger partial charge < -0.3 is 9.47 Å². The molecule has 1 aromatic carbocycles. The SMILES string of the molecule is COc1ccc(CCl)c(OCc2csc(C)n2)c1. The zero-order valence-corrected chi connectivity index (χ0v) is 11.8. The quantitative estimate of drug-likeness (QED) is 0.783. The first-order valence-electron chi connectivity index (χ1n) is 5.49. The van der Waals surface area contributed by atoms with Gasteiger partial charge in [-0.05, 0) is 13.0 Å². The lowest BCUT2D eigenvalue weighted by molar-refractivity contribution is 0.297. The third-order valence-electron chi connectivity index (χ3n) is 2.46. The first kappa shape index (κ1) is 13.2. The summed E-state index contributed by atoms with van der Waals surface area (Å²) in [4.78, 5) is 4.35. The molecule has 96 valence electrons. The Morgan fingerprint density at radius 1 is 1.39 bits per heavy atom. The number of halogens is 1. The normalized spacial score (nSPS) is 10.4. The van der Waals surface area contributed by atoms with Crippen LogP contribution in [0.25, 0.3) is 0 Å². The summed E-state index contributed by atoms with van der Waals surface area (Å²) < 4.78 is 10.9. The van der Waals surface area contributed by atoms with Crippen LogP contribution in [-0.4, -0.2) is 12.1 Å². The van der Waals surface area contributed by atoms with Crippen LogP contribution in [0, 0.1) is 6.92 Å². The number of methoxy groups -OCH3 is 1. The highest BCUT2D eigenvalue weighted by atomic mass is 35.5. The highest BCUT2D eigenvalue weighted by molar-refractivity contribution is 7.09. The topological polar surface area (TPSA) is 31.4 Å². The molecule has 0 aliphatic heterocycles. The zero-order valence-electron chi connectivity index (χ0n) is 10.3. The summed E-state index contributed by atoms with van der Waals surface area (Å²) >= 11 is 7.49. The molecule has 0 fully saturated rings. The van der Waals surface area contributed by atoms with Crippen LogP contribution in [0.15, 0.2) is 23.6 Å². The fourth-order valence-electron chi connectivity index (χ4n) is 1.53. The van der Waals surface area contributed by atoms with Gasteiger partial charge in [0.25, 0.3) is 0 Å². The van der Waals surface area contributed by atoms with E-state index in [0.717, 1.165) is 27.8 Å². The molecular weight excluding hydrogens is 270 g/mol. The molecule has 0 bridgehead atoms. The molecule has 0 aliphatic rings. The van der Waals surface area contributed by atoms with Crippen molar-refractivity contribution in [3.8, 4) is 11.5 Å². The fraction of sp³-hybridized carbons (Fsp3) is 0.308. The van der Waals surface area contributed by atoms with Gasteiger partial charge in [0.2, 0.25) is 0 Å². The van der Waals surface area contributed by atoms with E-state index in [4.69, 9.17) is 21.1 Å². The lowest BCUT2D eigenvalue weighted by Gasteiger charge is -2.10. The third kappa shape index (κ3) is 3.15. The van der Waals surface area contributed by atoms with Crippen LogP contribution in [0.2, 0.25) is 0 Å². The molecule has 0 radical (unpaired) electrons. The van der Waals surface area contributed by atoms with Crippen LogP contribution in [0.3, 0.4) is 0 Å². The van der Waals surface area contributed by atoms with Crippen molar-refractivity contribution in [2.45, 2.75) is 19.4 Å². The minimum absolute atomic E-state index is 0.412. The van der Waals surface area contributed by atoms with Crippen LogP contribution in [-0.2, 0) is 12.5 Å². The Bertz CT molecular complexity index is 527. The van der Waals surface area contributed by atoms with Gasteiger partial charge in [0, 0.05) is 17.0 Å². The van der Waals surface area contributed by atoms with Crippen molar-refractivity contribution >= 4 is 22.9 Å². The van der Waals surface area contributed by atoms with Gasteiger partial charge in [0.05, 0.1) is 23.7 Å². The molecular formula is C13H14ClNO2S. The monoisotopic (exact) mass is 283 g/mol. The standard InChI is InChI=1S/C13H14ClNO2S/c1-9-15-11(8-18-9)7-17-13-5-12(16-2)4-3-10(13)6-14/h3-5,8H,6-7H2,1-2H3. The van der Waals surface area contributed by atoms with Gasteiger partial charge >= 0.3 is 0 Å². The average molecular weight is 284 g/mol. The molecule has 1 heterocycles. The minimum Gasteiger partial charge on any atom is -0.497 e. The van der Waals surface area contributed by atoms with Gasteiger partial charge in [0.1, 0.15) is 18.1 Å². The van der Waals surface area contributed by atoms with E-state index in [-0.39, 0.29) is 0 Å². The molecule has 0 atom stereocenters. The van der Waals surface area contributed by atoms with E-state index in [0.29, 0.717) is 12.5 Å². The summed E-state index contributed by atoms with van der Waals surface area (Å²) in [5, 5.41) is 3.03. The van der Waals surface area contributed by atoms with Gasteiger partial charge in [-0.1, -0.05) is 6.07 Å². The Morgan fingerprint density at radius 2 is 2.22 bits per heavy atom. The van der Waals surface area contributed by atoms with Crippen molar-refractivity contribution in [3.05, 3.63) is 39.8 Å². The van der Waals surface area contributed by atoms with Gasteiger partial charge in [-0.15, -0.1) is 22.9 Å². The highest BCUT2D eigenvalue weighted by Gasteiger charge is 2.06. The number of thiazole rings is 1. The van der Waals surface area contributed by atoms with Gasteiger partial charge in [0.15, 0.2) is 0 Å². The van der Waals surface area contributed by atoms with Gasteiger partial charge in [-0.3, -0.25) is 0 Å². The number of rotatable bonds is 5. The number of nitrogens with zero attached hydrogens (tertiary/aromatic N) is 1. The molecule has 0 spiro atoms. The number of aryl methyl sites for hydroxylation is 1. The predicted molar refractivity (Wildman–Crippen MR) is 73.7 cm³/mol. The van der Waals surface area contributed by atoms with Crippen LogP contribution in [0.1, 0.15) is 16.3 Å². The Hall–Kier alpha value is -1.26. The second kappa shape index (κ2) is 6.07. The summed E-state index contributed by atoms with van der Waals surface area (Å²) in [5.74, 6) is 1.92. The number of aromatic nitrogens is 1. The number of ether oxygens (including phenoxy) is 2. The maximum Gasteiger partial charge on any atom is 0.131 e. The Balaban J connectivity index is 2.11. The first-order chi connectivity index (χ1) is 8.72. The maximum atomic E-state index is 5.88. The van der Waals surface area contributed by atoms with Gasteiger partial charge in [-0.25, -0.2) is 4.98 Å². The van der Waals surface area contributed by atoms with E-state index in [1.54, 1.807) is 18.4 Å². The predicted octanol–water partition coefficient (Wildman–Crippen LogP) is 3.78. The molecule has 0 unspecified atom stereocenters. The van der Waals surface area contributed by atoms with Crippen molar-refractivity contribution in [3.63, 3.8) is 0 Å². The van der Waals surface area contributed by atoms with E-state index < -0.39 is 0 Å². The number of hydrogen-bond acceptors (Lipinski definition) is 4. The van der Waals surface area contributed by atoms with Crippen molar-refractivity contribution in [1.82, 2.24) is 4.98 Å². The van der Waals surface area contributed by atoms with Crippen molar-refractivity contribution < 1.29 is 9.47 Å². The summed E-state index contributed by atoms with van der Waals surface area (Å²) in [6.45, 7) is 2.42. The maximum absolute atomic E-state index is 5.88. The van der Waals surface area contributed by atoms with Crippen molar-refractivity contribution in [1.29, 1.82) is 0 Å². The average Bonchev–Trinajstić information content (AvgIpc) is 2.81. The number of alkyl halides is 1. The zero-order chi connectivity index (χ0) is 13.0. The molecule has 0 aliphatic carbocycles. The van der Waals surface area contributed by atoms with Gasteiger partial charge in [-0.2, -0.15) is 0 Å². The Morgan fingerprint density at radius 3 is 2.83 bits per heavy atom. The van der Waals surface area contributed by atoms with E-state index in [2.05, 4.69) is 4.98 Å². The molecule has 0 saturated carbocycles. The van der Waals surface area contributed by atoms with E-state index in [1.807, 2.05) is 30.5 Å². The molecule has 0 N–H and O–H groups in total. The molecule has 0 amide bonds. The molecule has 5 heteroatoms. The first-order valence-corrected chi connectivity index (χ1v) is 6.91. The van der Waals surface area contributed by atoms with Crippen LogP contribution in [0.4, 0.5) is 0 Å². The molecule has 1 aromatic heterocycles. The lowest BCUT2D eigenvalue weighted by Crippen LogP contribution is -1.99. The largest absolute Gasteiger partial charge is 0.497 e. The van der Waals surface area contributed by atoms with E-state index in [9.17, 15) is 0 Å². The molecule has 18 heavy (non-hydrogen) atoms. The summed E-state index contributed by atoms with van der Waals surface area (Å²) in [7, 11) is 1.63. The summed E-state index contributed by atoms with van der Waals surface area (Å²) in [6.07, 6.45) is 0. The van der Waals surface area contributed by atoms with Crippen molar-refractivity contribution in [2.75, 3.05) is 7.11 Å². The fourth-order valence-corrected chi connectivity index (χ4v) is 2.35. The number of benzene rings is 1. The van der Waals surface area contributed by atoms with Crippen molar-refractivity contribution in [2.24, 2.45) is 0 Å². The smallest absolute Gasteiger partial charge is 0.131 e. The Kier molecular flexibility index (Phi) is 4.44. The summed E-state index contributed by atoms with van der Waals surface area (Å²) in [5.41, 5.74) is 1.88. The molecule has 2 aromatic rings. The third-order valence-corrected chi connectivity index (χ3v) is 3.57. The Labute approximate surface area is 115 Å². The second-order valence-corrected chi connectivity index (χ2v) is 5.08. The van der Waals surface area contributed by atoms with Crippen LogP contribution < -0.4 is 9.47 Å². The van der Waals surface area contributed by atoms with Crippen LogP contribution in [0.5, 0.6) is 11.5 Å². The highest BCUT2D eigenvalue weighted by Crippen LogP contribution is 2.27. The van der Waals surface area contributed by atoms with E-state index in [1.165, 1.54) is 0 Å². The van der Waals surface area contributed by atoms with E-state index >= 15 is 0 Å². The van der Waals surface area contributed by atoms with Crippen LogP contribution >= 0.6 is 22.9 Å². The number of hydrogen-bond donors (Lipinski definition) is 0. The minimum atomic E-state index is 0.412. The molecule has 2 rings (SSSR count). The second-order valence-electron chi connectivity index (χ2n) is 3.75. The molecule has 3 nitrogen and oxygen atoms in total. The molecule has 0 saturated heterocycles. The summed E-state index contributed by atoms with van der Waals surface area (Å²) in [6, 6.07) is 5.63.